The van der Waals surface area contributed by atoms with E-state index in [4.69, 9.17) is 0 Å². The van der Waals surface area contributed by atoms with Gasteiger partial charge < -0.3 is 10.2 Å². The van der Waals surface area contributed by atoms with E-state index in [2.05, 4.69) is 27.4 Å². The van der Waals surface area contributed by atoms with Crippen LogP contribution in [0.4, 0.5) is 0 Å². The molecule has 2 heterocycles. The molecule has 0 aliphatic carbocycles. The minimum absolute atomic E-state index is 0.144. The average molecular weight is 341 g/mol. The van der Waals surface area contributed by atoms with Crippen molar-refractivity contribution in [1.82, 2.24) is 24.9 Å². The maximum atomic E-state index is 12.8. The third-order valence-corrected chi connectivity index (χ3v) is 4.48. The topological polar surface area (TPSA) is 70.5 Å². The summed E-state index contributed by atoms with van der Waals surface area (Å²) in [4.78, 5) is 29.0. The highest BCUT2D eigenvalue weighted by molar-refractivity contribution is 5.97. The van der Waals surface area contributed by atoms with E-state index in [9.17, 15) is 9.59 Å². The SMILES string of the molecule is CNC(=O)C1CN(Cc2ccccc2)CCN1C(=O)c1cnn(C)c1. The van der Waals surface area contributed by atoms with Gasteiger partial charge in [0.15, 0.2) is 0 Å². The summed E-state index contributed by atoms with van der Waals surface area (Å²) in [5, 5.41) is 6.73. The highest BCUT2D eigenvalue weighted by atomic mass is 16.2. The van der Waals surface area contributed by atoms with Crippen molar-refractivity contribution < 1.29 is 9.59 Å². The number of nitrogens with one attached hydrogen (secondary N) is 1. The number of rotatable bonds is 4. The molecule has 1 aliphatic rings. The van der Waals surface area contributed by atoms with E-state index in [1.807, 2.05) is 18.2 Å². The van der Waals surface area contributed by atoms with Gasteiger partial charge in [-0.2, -0.15) is 5.10 Å². The molecule has 1 N–H and O–H groups in total. The number of aromatic nitrogens is 2. The van der Waals surface area contributed by atoms with Gasteiger partial charge in [0.1, 0.15) is 6.04 Å². The largest absolute Gasteiger partial charge is 0.357 e. The lowest BCUT2D eigenvalue weighted by Gasteiger charge is -2.40. The molecule has 3 rings (SSSR count). The summed E-state index contributed by atoms with van der Waals surface area (Å²) in [7, 11) is 3.37. The van der Waals surface area contributed by atoms with Crippen molar-refractivity contribution in [3.8, 4) is 0 Å². The summed E-state index contributed by atoms with van der Waals surface area (Å²) < 4.78 is 1.59. The molecule has 7 nitrogen and oxygen atoms in total. The molecule has 1 fully saturated rings. The van der Waals surface area contributed by atoms with Gasteiger partial charge in [0.25, 0.3) is 5.91 Å². The van der Waals surface area contributed by atoms with Gasteiger partial charge in [-0.25, -0.2) is 0 Å². The molecule has 1 unspecified atom stereocenters. The van der Waals surface area contributed by atoms with E-state index in [1.165, 1.54) is 5.56 Å². The lowest BCUT2D eigenvalue weighted by atomic mass is 10.1. The first kappa shape index (κ1) is 17.2. The molecule has 1 aromatic heterocycles. The fraction of sp³-hybridized carbons (Fsp3) is 0.389. The summed E-state index contributed by atoms with van der Waals surface area (Å²) in [5.41, 5.74) is 1.71. The summed E-state index contributed by atoms with van der Waals surface area (Å²) >= 11 is 0. The van der Waals surface area contributed by atoms with Gasteiger partial charge in [-0.3, -0.25) is 19.2 Å². The van der Waals surface area contributed by atoms with Gasteiger partial charge in [0.2, 0.25) is 5.91 Å². The number of aryl methyl sites for hydroxylation is 1. The van der Waals surface area contributed by atoms with E-state index < -0.39 is 6.04 Å². The van der Waals surface area contributed by atoms with Crippen molar-refractivity contribution in [2.45, 2.75) is 12.6 Å². The molecule has 1 aromatic carbocycles. The fourth-order valence-electron chi connectivity index (χ4n) is 3.16. The lowest BCUT2D eigenvalue weighted by molar-refractivity contribution is -0.127. The first-order valence-electron chi connectivity index (χ1n) is 8.36. The van der Waals surface area contributed by atoms with Crippen molar-refractivity contribution in [2.75, 3.05) is 26.7 Å². The maximum Gasteiger partial charge on any atom is 0.257 e. The number of carbonyl (C=O) groups excluding carboxylic acids is 2. The molecular formula is C18H23N5O2. The van der Waals surface area contributed by atoms with Crippen LogP contribution in [0, 0.1) is 0 Å². The van der Waals surface area contributed by atoms with Gasteiger partial charge in [0, 0.05) is 46.5 Å². The predicted octanol–water partition coefficient (Wildman–Crippen LogP) is 0.493. The van der Waals surface area contributed by atoms with Crippen LogP contribution in [0.15, 0.2) is 42.7 Å². The smallest absolute Gasteiger partial charge is 0.257 e. The molecule has 0 saturated carbocycles. The van der Waals surface area contributed by atoms with Crippen LogP contribution in [0.25, 0.3) is 0 Å². The Labute approximate surface area is 147 Å². The van der Waals surface area contributed by atoms with Crippen molar-refractivity contribution >= 4 is 11.8 Å². The number of benzene rings is 1. The molecule has 2 aromatic rings. The molecule has 0 bridgehead atoms. The number of piperazine rings is 1. The van der Waals surface area contributed by atoms with E-state index in [-0.39, 0.29) is 11.8 Å². The normalized spacial score (nSPS) is 18.2. The number of likely N-dealkylation sites (N-methyl/N-ethyl adjacent to an activating group) is 1. The van der Waals surface area contributed by atoms with Gasteiger partial charge in [-0.05, 0) is 5.56 Å². The average Bonchev–Trinajstić information content (AvgIpc) is 3.07. The number of hydrogen-bond donors (Lipinski definition) is 1. The minimum atomic E-state index is -0.504. The Morgan fingerprint density at radius 2 is 2.00 bits per heavy atom. The molecule has 2 amide bonds. The van der Waals surface area contributed by atoms with Crippen LogP contribution in [0.3, 0.4) is 0 Å². The molecule has 132 valence electrons. The van der Waals surface area contributed by atoms with Crippen LogP contribution in [0.1, 0.15) is 15.9 Å². The Kier molecular flexibility index (Phi) is 5.14. The first-order chi connectivity index (χ1) is 12.1. The second-order valence-electron chi connectivity index (χ2n) is 6.25. The Hall–Kier alpha value is -2.67. The van der Waals surface area contributed by atoms with E-state index in [0.29, 0.717) is 18.7 Å². The van der Waals surface area contributed by atoms with Crippen LogP contribution in [0.5, 0.6) is 0 Å². The highest BCUT2D eigenvalue weighted by Crippen LogP contribution is 2.16. The van der Waals surface area contributed by atoms with Crippen molar-refractivity contribution in [3.05, 3.63) is 53.9 Å². The predicted molar refractivity (Wildman–Crippen MR) is 93.8 cm³/mol. The molecule has 1 atom stereocenters. The van der Waals surface area contributed by atoms with Crippen molar-refractivity contribution in [3.63, 3.8) is 0 Å². The van der Waals surface area contributed by atoms with E-state index in [1.54, 1.807) is 36.1 Å². The number of amides is 2. The quantitative estimate of drug-likeness (QED) is 0.879. The summed E-state index contributed by atoms with van der Waals surface area (Å²) in [6.45, 7) is 2.52. The molecule has 0 spiro atoms. The van der Waals surface area contributed by atoms with Crippen LogP contribution in [-0.4, -0.2) is 64.1 Å². The van der Waals surface area contributed by atoms with Gasteiger partial charge in [-0.15, -0.1) is 0 Å². The lowest BCUT2D eigenvalue weighted by Crippen LogP contribution is -2.60. The van der Waals surface area contributed by atoms with Crippen molar-refractivity contribution in [2.24, 2.45) is 7.05 Å². The standard InChI is InChI=1S/C18H23N5O2/c1-19-17(24)16-13-22(11-14-6-4-3-5-7-14)8-9-23(16)18(25)15-10-20-21(2)12-15/h3-7,10,12,16H,8-9,11,13H2,1-2H3,(H,19,24). The summed E-state index contributed by atoms with van der Waals surface area (Å²) in [6, 6.07) is 9.64. The number of nitrogens with zero attached hydrogens (tertiary/aromatic N) is 4. The minimum Gasteiger partial charge on any atom is -0.357 e. The molecule has 1 aliphatic heterocycles. The maximum absolute atomic E-state index is 12.8. The summed E-state index contributed by atoms with van der Waals surface area (Å²) in [6.07, 6.45) is 3.22. The number of carbonyl (C=O) groups is 2. The zero-order valence-electron chi connectivity index (χ0n) is 14.6. The second-order valence-corrected chi connectivity index (χ2v) is 6.25. The zero-order valence-corrected chi connectivity index (χ0v) is 14.6. The van der Waals surface area contributed by atoms with Crippen LogP contribution in [-0.2, 0) is 18.4 Å². The Balaban J connectivity index is 1.74. The Bertz CT molecular complexity index is 743. The molecule has 1 saturated heterocycles. The third-order valence-electron chi connectivity index (χ3n) is 4.48. The summed E-state index contributed by atoms with van der Waals surface area (Å²) in [5.74, 6) is -0.295. The van der Waals surface area contributed by atoms with Gasteiger partial charge >= 0.3 is 0 Å². The van der Waals surface area contributed by atoms with Crippen LogP contribution >= 0.6 is 0 Å². The molecule has 25 heavy (non-hydrogen) atoms. The molecular weight excluding hydrogens is 318 g/mol. The zero-order chi connectivity index (χ0) is 17.8. The van der Waals surface area contributed by atoms with Crippen LogP contribution < -0.4 is 5.32 Å². The van der Waals surface area contributed by atoms with E-state index >= 15 is 0 Å². The van der Waals surface area contributed by atoms with Crippen LogP contribution in [0.2, 0.25) is 0 Å². The van der Waals surface area contributed by atoms with Gasteiger partial charge in [0.05, 0.1) is 11.8 Å². The molecule has 0 radical (unpaired) electrons. The second kappa shape index (κ2) is 7.48. The fourth-order valence-corrected chi connectivity index (χ4v) is 3.16. The highest BCUT2D eigenvalue weighted by Gasteiger charge is 2.35. The number of hydrogen-bond acceptors (Lipinski definition) is 4. The van der Waals surface area contributed by atoms with E-state index in [0.717, 1.165) is 13.1 Å². The van der Waals surface area contributed by atoms with Gasteiger partial charge in [-0.1, -0.05) is 30.3 Å². The molecule has 7 heteroatoms. The monoisotopic (exact) mass is 341 g/mol. The Morgan fingerprint density at radius 3 is 2.64 bits per heavy atom. The third kappa shape index (κ3) is 3.88. The Morgan fingerprint density at radius 1 is 1.24 bits per heavy atom. The van der Waals surface area contributed by atoms with Crippen molar-refractivity contribution in [1.29, 1.82) is 0 Å². The first-order valence-corrected chi connectivity index (χ1v) is 8.36.